The molecule has 10 heteroatoms. The van der Waals surface area contributed by atoms with Gasteiger partial charge in [0, 0.05) is 23.8 Å². The zero-order valence-corrected chi connectivity index (χ0v) is 23.7. The summed E-state index contributed by atoms with van der Waals surface area (Å²) >= 11 is 0. The standard InChI is InChI=1S/C30H38N4O6/c1-6-30(7-2)15-23(35)34(27(31)33-30)25-20-14-18(12-13-22(20)40-29(25,4)17-38-5)26(36)32-24-19-10-8-9-11-21(19)39-16-28(24,3)37/h8-14,24-25,37H,6-7,15-17H2,1-5H3,(H2,31,33)(H,32,36)/t24-,25+,28+,29-/m1/s1. The van der Waals surface area contributed by atoms with Crippen molar-refractivity contribution in [1.82, 2.24) is 10.2 Å². The number of methoxy groups -OCH3 is 1. The molecule has 4 N–H and O–H groups in total. The van der Waals surface area contributed by atoms with E-state index in [0.29, 0.717) is 41.0 Å². The van der Waals surface area contributed by atoms with Crippen molar-refractivity contribution < 1.29 is 28.9 Å². The van der Waals surface area contributed by atoms with Crippen LogP contribution in [0.15, 0.2) is 47.5 Å². The summed E-state index contributed by atoms with van der Waals surface area (Å²) < 4.78 is 17.6. The smallest absolute Gasteiger partial charge is 0.251 e. The van der Waals surface area contributed by atoms with Gasteiger partial charge in [-0.2, -0.15) is 0 Å². The van der Waals surface area contributed by atoms with E-state index in [4.69, 9.17) is 24.9 Å². The molecular weight excluding hydrogens is 512 g/mol. The number of benzene rings is 2. The number of aliphatic imine (C=N–C) groups is 1. The highest BCUT2D eigenvalue weighted by molar-refractivity contribution is 6.00. The van der Waals surface area contributed by atoms with Crippen LogP contribution in [-0.4, -0.2) is 64.8 Å². The van der Waals surface area contributed by atoms with E-state index < -0.39 is 28.8 Å². The molecule has 5 rings (SSSR count). The molecule has 3 heterocycles. The molecule has 0 aliphatic carbocycles. The van der Waals surface area contributed by atoms with E-state index in [-0.39, 0.29) is 37.4 Å². The summed E-state index contributed by atoms with van der Waals surface area (Å²) in [5.74, 6) is 0.753. The summed E-state index contributed by atoms with van der Waals surface area (Å²) in [4.78, 5) is 33.5. The van der Waals surface area contributed by atoms with Gasteiger partial charge < -0.3 is 30.4 Å². The minimum atomic E-state index is -1.32. The van der Waals surface area contributed by atoms with Crippen LogP contribution in [0.5, 0.6) is 11.5 Å². The Labute approximate surface area is 234 Å². The van der Waals surface area contributed by atoms with Gasteiger partial charge in [-0.15, -0.1) is 0 Å². The zero-order chi connectivity index (χ0) is 28.9. The number of para-hydroxylation sites is 1. The summed E-state index contributed by atoms with van der Waals surface area (Å²) in [6, 6.07) is 11.1. The minimum Gasteiger partial charge on any atom is -0.490 e. The van der Waals surface area contributed by atoms with Crippen LogP contribution in [0.1, 0.15) is 80.5 Å². The number of hydrogen-bond acceptors (Lipinski definition) is 8. The van der Waals surface area contributed by atoms with E-state index in [1.807, 2.05) is 45.0 Å². The Morgan fingerprint density at radius 1 is 1.18 bits per heavy atom. The maximum atomic E-state index is 13.6. The van der Waals surface area contributed by atoms with E-state index in [2.05, 4.69) is 5.32 Å². The van der Waals surface area contributed by atoms with Crippen LogP contribution in [-0.2, 0) is 9.53 Å². The quantitative estimate of drug-likeness (QED) is 0.482. The molecule has 0 fully saturated rings. The molecule has 0 radical (unpaired) electrons. The zero-order valence-electron chi connectivity index (χ0n) is 23.7. The molecule has 40 heavy (non-hydrogen) atoms. The Morgan fingerprint density at radius 3 is 2.58 bits per heavy atom. The molecule has 0 spiro atoms. The third kappa shape index (κ3) is 4.58. The van der Waals surface area contributed by atoms with Crippen molar-refractivity contribution in [3.8, 4) is 11.5 Å². The van der Waals surface area contributed by atoms with Crippen molar-refractivity contribution in [2.75, 3.05) is 20.3 Å². The Morgan fingerprint density at radius 2 is 1.90 bits per heavy atom. The molecule has 10 nitrogen and oxygen atoms in total. The Balaban J connectivity index is 1.52. The third-order valence-electron chi connectivity index (χ3n) is 8.49. The van der Waals surface area contributed by atoms with E-state index in [1.54, 1.807) is 32.2 Å². The lowest BCUT2D eigenvalue weighted by atomic mass is 9.85. The third-order valence-corrected chi connectivity index (χ3v) is 8.49. The van der Waals surface area contributed by atoms with Crippen molar-refractivity contribution in [3.05, 3.63) is 59.2 Å². The Kier molecular flexibility index (Phi) is 7.04. The molecule has 0 aromatic heterocycles. The van der Waals surface area contributed by atoms with Gasteiger partial charge in [-0.25, -0.2) is 4.99 Å². The van der Waals surface area contributed by atoms with E-state index >= 15 is 0 Å². The second-order valence-corrected chi connectivity index (χ2v) is 11.4. The molecule has 214 valence electrons. The highest BCUT2D eigenvalue weighted by atomic mass is 16.5. The number of fused-ring (bicyclic) bond motifs is 2. The van der Waals surface area contributed by atoms with Crippen molar-refractivity contribution in [3.63, 3.8) is 0 Å². The summed E-state index contributed by atoms with van der Waals surface area (Å²) in [5, 5.41) is 14.1. The normalized spacial score (nSPS) is 28.6. The van der Waals surface area contributed by atoms with Crippen LogP contribution >= 0.6 is 0 Å². The summed E-state index contributed by atoms with van der Waals surface area (Å²) in [5.41, 5.74) is 5.35. The lowest BCUT2D eigenvalue weighted by Gasteiger charge is -2.42. The Bertz CT molecular complexity index is 1350. The van der Waals surface area contributed by atoms with Crippen molar-refractivity contribution in [2.24, 2.45) is 10.7 Å². The molecule has 2 amide bonds. The fraction of sp³-hybridized carbons (Fsp3) is 0.500. The molecule has 0 saturated carbocycles. The van der Waals surface area contributed by atoms with Crippen molar-refractivity contribution >= 4 is 17.8 Å². The van der Waals surface area contributed by atoms with Crippen LogP contribution in [0, 0.1) is 0 Å². The van der Waals surface area contributed by atoms with Crippen molar-refractivity contribution in [1.29, 1.82) is 0 Å². The fourth-order valence-corrected chi connectivity index (χ4v) is 6.14. The highest BCUT2D eigenvalue weighted by Crippen LogP contribution is 2.49. The molecule has 0 bridgehead atoms. The number of amides is 2. The summed E-state index contributed by atoms with van der Waals surface area (Å²) in [6.07, 6.45) is 1.62. The maximum Gasteiger partial charge on any atom is 0.251 e. The number of nitrogens with one attached hydrogen (secondary N) is 1. The Hall–Kier alpha value is -3.63. The average Bonchev–Trinajstić information content (AvgIpc) is 3.20. The highest BCUT2D eigenvalue weighted by Gasteiger charge is 2.53. The molecule has 2 aromatic rings. The predicted octanol–water partition coefficient (Wildman–Crippen LogP) is 3.25. The number of nitrogens with zero attached hydrogens (tertiary/aromatic N) is 2. The number of nitrogens with two attached hydrogens (primary N) is 1. The first-order valence-corrected chi connectivity index (χ1v) is 13.7. The number of guanidine groups is 1. The van der Waals surface area contributed by atoms with Crippen LogP contribution in [0.3, 0.4) is 0 Å². The van der Waals surface area contributed by atoms with E-state index in [9.17, 15) is 14.7 Å². The molecule has 2 aromatic carbocycles. The molecular formula is C30H38N4O6. The maximum absolute atomic E-state index is 13.6. The van der Waals surface area contributed by atoms with Gasteiger partial charge in [-0.05, 0) is 51.0 Å². The van der Waals surface area contributed by atoms with Gasteiger partial charge in [0.05, 0.1) is 24.6 Å². The van der Waals surface area contributed by atoms with Gasteiger partial charge in [0.1, 0.15) is 29.7 Å². The lowest BCUT2D eigenvalue weighted by Crippen LogP contribution is -2.58. The van der Waals surface area contributed by atoms with Crippen LogP contribution < -0.4 is 20.5 Å². The van der Waals surface area contributed by atoms with Gasteiger partial charge in [-0.3, -0.25) is 14.5 Å². The predicted molar refractivity (Wildman–Crippen MR) is 149 cm³/mol. The molecule has 4 atom stereocenters. The van der Waals surface area contributed by atoms with Gasteiger partial charge in [0.15, 0.2) is 11.6 Å². The largest absolute Gasteiger partial charge is 0.490 e. The van der Waals surface area contributed by atoms with Gasteiger partial charge in [0.25, 0.3) is 5.91 Å². The lowest BCUT2D eigenvalue weighted by molar-refractivity contribution is -0.135. The number of carbonyl (C=O) groups excluding carboxylic acids is 2. The first-order valence-electron chi connectivity index (χ1n) is 13.7. The number of rotatable bonds is 7. The SMILES string of the molecule is CCC1(CC)CC(=O)N([C@H]2c3cc(C(=O)N[C@@H]4c5ccccc5OC[C@]4(C)O)ccc3O[C@]2(C)COC)C(N)=N1. The monoisotopic (exact) mass is 550 g/mol. The first-order chi connectivity index (χ1) is 19.0. The number of carbonyl (C=O) groups is 2. The van der Waals surface area contributed by atoms with Gasteiger partial charge >= 0.3 is 0 Å². The second-order valence-electron chi connectivity index (χ2n) is 11.4. The molecule has 3 aliphatic rings. The van der Waals surface area contributed by atoms with Crippen molar-refractivity contribution in [2.45, 2.75) is 75.8 Å². The average molecular weight is 551 g/mol. The first kappa shape index (κ1) is 27.9. The van der Waals surface area contributed by atoms with Crippen LogP contribution in [0.4, 0.5) is 0 Å². The number of hydrogen-bond donors (Lipinski definition) is 3. The fourth-order valence-electron chi connectivity index (χ4n) is 6.14. The van der Waals surface area contributed by atoms with Gasteiger partial charge in [0.2, 0.25) is 5.91 Å². The summed E-state index contributed by atoms with van der Waals surface area (Å²) in [6.45, 7) is 7.72. The van der Waals surface area contributed by atoms with Crippen LogP contribution in [0.25, 0.3) is 0 Å². The summed E-state index contributed by atoms with van der Waals surface area (Å²) in [7, 11) is 1.57. The molecule has 3 aliphatic heterocycles. The van der Waals surface area contributed by atoms with E-state index in [0.717, 1.165) is 0 Å². The number of ether oxygens (including phenoxy) is 3. The molecule has 0 saturated heterocycles. The minimum absolute atomic E-state index is 0.0388. The van der Waals surface area contributed by atoms with E-state index in [1.165, 1.54) is 4.90 Å². The molecule has 0 unspecified atom stereocenters. The van der Waals surface area contributed by atoms with Gasteiger partial charge in [-0.1, -0.05) is 32.0 Å². The topological polar surface area (TPSA) is 136 Å². The van der Waals surface area contributed by atoms with Crippen LogP contribution in [0.2, 0.25) is 0 Å². The second kappa shape index (κ2) is 10.1. The number of aliphatic hydroxyl groups is 1.